The van der Waals surface area contributed by atoms with Crippen LogP contribution < -0.4 is 5.32 Å². The first kappa shape index (κ1) is 12.2. The van der Waals surface area contributed by atoms with Crippen LogP contribution in [-0.4, -0.2) is 26.5 Å². The Hall–Kier alpha value is -1.27. The lowest BCUT2D eigenvalue weighted by atomic mass is 10.1. The van der Waals surface area contributed by atoms with Gasteiger partial charge in [0.25, 0.3) is 0 Å². The van der Waals surface area contributed by atoms with E-state index in [0.717, 1.165) is 30.8 Å². The molecule has 0 bridgehead atoms. The van der Waals surface area contributed by atoms with Gasteiger partial charge in [0.2, 0.25) is 0 Å². The third kappa shape index (κ3) is 3.34. The molecule has 6 heteroatoms. The lowest BCUT2D eigenvalue weighted by Crippen LogP contribution is -2.24. The fourth-order valence-electron chi connectivity index (χ4n) is 1.69. The van der Waals surface area contributed by atoms with Crippen LogP contribution in [0.1, 0.15) is 30.8 Å². The Kier molecular flexibility index (Phi) is 4.22. The molecule has 0 aliphatic heterocycles. The monoisotopic (exact) mass is 251 g/mol. The molecule has 0 aromatic carbocycles. The van der Waals surface area contributed by atoms with Gasteiger partial charge in [-0.25, -0.2) is 4.98 Å². The van der Waals surface area contributed by atoms with Crippen LogP contribution in [0, 0.1) is 0 Å². The summed E-state index contributed by atoms with van der Waals surface area (Å²) in [5.74, 6) is 0. The van der Waals surface area contributed by atoms with Crippen molar-refractivity contribution in [2.24, 2.45) is 7.05 Å². The van der Waals surface area contributed by atoms with Crippen LogP contribution in [0.5, 0.6) is 0 Å². The molecule has 2 rings (SSSR count). The van der Waals surface area contributed by atoms with Crippen molar-refractivity contribution < 1.29 is 0 Å². The van der Waals surface area contributed by atoms with Crippen molar-refractivity contribution in [3.8, 4) is 0 Å². The predicted octanol–water partition coefficient (Wildman–Crippen LogP) is 1.55. The lowest BCUT2D eigenvalue weighted by molar-refractivity contribution is 0.515. The first-order valence-corrected chi connectivity index (χ1v) is 6.70. The van der Waals surface area contributed by atoms with E-state index < -0.39 is 0 Å². The summed E-state index contributed by atoms with van der Waals surface area (Å²) in [6.45, 7) is 3.15. The van der Waals surface area contributed by atoms with Gasteiger partial charge < -0.3 is 5.32 Å². The molecule has 2 aromatic heterocycles. The van der Waals surface area contributed by atoms with E-state index in [1.165, 1.54) is 0 Å². The highest BCUT2D eigenvalue weighted by Crippen LogP contribution is 2.17. The van der Waals surface area contributed by atoms with Crippen LogP contribution in [-0.2, 0) is 13.5 Å². The lowest BCUT2D eigenvalue weighted by Gasteiger charge is -2.14. The predicted molar refractivity (Wildman–Crippen MR) is 67.9 cm³/mol. The number of thiazole rings is 1. The molecule has 0 aliphatic carbocycles. The Labute approximate surface area is 105 Å². The second-order valence-corrected chi connectivity index (χ2v) is 4.73. The van der Waals surface area contributed by atoms with Crippen molar-refractivity contribution in [1.29, 1.82) is 0 Å². The normalized spacial score (nSPS) is 12.8. The molecule has 2 aromatic rings. The van der Waals surface area contributed by atoms with Gasteiger partial charge in [-0.2, -0.15) is 0 Å². The molecule has 0 spiro atoms. The summed E-state index contributed by atoms with van der Waals surface area (Å²) in [5, 5.41) is 13.7. The summed E-state index contributed by atoms with van der Waals surface area (Å²) in [6.07, 6.45) is 3.89. The number of rotatable bonds is 6. The summed E-state index contributed by atoms with van der Waals surface area (Å²) in [6, 6.07) is 0.234. The molecule has 92 valence electrons. The molecule has 0 saturated heterocycles. The van der Waals surface area contributed by atoms with Gasteiger partial charge in [0, 0.05) is 25.0 Å². The maximum atomic E-state index is 4.37. The molecule has 1 unspecified atom stereocenters. The fraction of sp³-hybridized carbons (Fsp3) is 0.545. The van der Waals surface area contributed by atoms with Crippen molar-refractivity contribution >= 4 is 11.3 Å². The van der Waals surface area contributed by atoms with E-state index in [4.69, 9.17) is 0 Å². The third-order valence-corrected chi connectivity index (χ3v) is 3.12. The van der Waals surface area contributed by atoms with Gasteiger partial charge in [-0.05, 0) is 13.0 Å². The number of aryl methyl sites for hydroxylation is 1. The van der Waals surface area contributed by atoms with Crippen molar-refractivity contribution in [2.45, 2.75) is 25.8 Å². The Morgan fingerprint density at radius 1 is 1.53 bits per heavy atom. The number of aromatic nitrogens is 4. The van der Waals surface area contributed by atoms with E-state index in [-0.39, 0.29) is 6.04 Å². The van der Waals surface area contributed by atoms with E-state index in [1.807, 2.05) is 18.8 Å². The second kappa shape index (κ2) is 5.88. The topological polar surface area (TPSA) is 55.6 Å². The zero-order valence-corrected chi connectivity index (χ0v) is 10.9. The van der Waals surface area contributed by atoms with Crippen molar-refractivity contribution in [3.05, 3.63) is 28.5 Å². The van der Waals surface area contributed by atoms with Crippen LogP contribution in [0.15, 0.2) is 17.1 Å². The van der Waals surface area contributed by atoms with E-state index in [1.54, 1.807) is 16.0 Å². The molecule has 5 nitrogen and oxygen atoms in total. The largest absolute Gasteiger partial charge is 0.308 e. The van der Waals surface area contributed by atoms with Gasteiger partial charge in [0.05, 0.1) is 22.9 Å². The zero-order chi connectivity index (χ0) is 12.1. The zero-order valence-electron chi connectivity index (χ0n) is 10.1. The molecular formula is C11H17N5S. The van der Waals surface area contributed by atoms with Crippen LogP contribution in [0.25, 0.3) is 0 Å². The van der Waals surface area contributed by atoms with Gasteiger partial charge in [-0.1, -0.05) is 12.1 Å². The first-order valence-electron chi connectivity index (χ1n) is 5.76. The van der Waals surface area contributed by atoms with Gasteiger partial charge in [-0.15, -0.1) is 16.4 Å². The quantitative estimate of drug-likeness (QED) is 0.846. The molecule has 17 heavy (non-hydrogen) atoms. The van der Waals surface area contributed by atoms with E-state index in [0.29, 0.717) is 0 Å². The smallest absolute Gasteiger partial charge is 0.0846 e. The highest BCUT2D eigenvalue weighted by atomic mass is 32.1. The number of nitrogens with one attached hydrogen (secondary N) is 1. The average Bonchev–Trinajstić information content (AvgIpc) is 2.95. The highest BCUT2D eigenvalue weighted by Gasteiger charge is 2.15. The maximum absolute atomic E-state index is 4.37. The standard InChI is InChI=1S/C11H17N5S/c1-3-4-12-10(11-7-17-8-13-11)5-9-6-16(2)15-14-9/h6-8,10,12H,3-5H2,1-2H3. The molecule has 0 saturated carbocycles. The SMILES string of the molecule is CCCNC(Cc1cn(C)nn1)c1cscn1. The molecule has 1 atom stereocenters. The van der Waals surface area contributed by atoms with Crippen LogP contribution >= 0.6 is 11.3 Å². The third-order valence-electron chi connectivity index (χ3n) is 2.51. The summed E-state index contributed by atoms with van der Waals surface area (Å²) >= 11 is 1.62. The van der Waals surface area contributed by atoms with Gasteiger partial charge in [0.15, 0.2) is 0 Å². The highest BCUT2D eigenvalue weighted by molar-refractivity contribution is 7.07. The number of hydrogen-bond acceptors (Lipinski definition) is 5. The minimum absolute atomic E-state index is 0.234. The maximum Gasteiger partial charge on any atom is 0.0846 e. The van der Waals surface area contributed by atoms with E-state index in [2.05, 4.69) is 32.9 Å². The first-order chi connectivity index (χ1) is 8.29. The van der Waals surface area contributed by atoms with E-state index >= 15 is 0 Å². The van der Waals surface area contributed by atoms with Crippen LogP contribution in [0.4, 0.5) is 0 Å². The van der Waals surface area contributed by atoms with Crippen LogP contribution in [0.2, 0.25) is 0 Å². The average molecular weight is 251 g/mol. The van der Waals surface area contributed by atoms with Crippen molar-refractivity contribution in [1.82, 2.24) is 25.3 Å². The summed E-state index contributed by atoms with van der Waals surface area (Å²) in [4.78, 5) is 4.37. The number of nitrogens with zero attached hydrogens (tertiary/aromatic N) is 4. The van der Waals surface area contributed by atoms with Crippen LogP contribution in [0.3, 0.4) is 0 Å². The van der Waals surface area contributed by atoms with E-state index in [9.17, 15) is 0 Å². The van der Waals surface area contributed by atoms with Gasteiger partial charge >= 0.3 is 0 Å². The molecule has 0 aliphatic rings. The minimum Gasteiger partial charge on any atom is -0.308 e. The van der Waals surface area contributed by atoms with Crippen molar-refractivity contribution in [2.75, 3.05) is 6.54 Å². The fourth-order valence-corrected chi connectivity index (χ4v) is 2.30. The summed E-state index contributed by atoms with van der Waals surface area (Å²) in [7, 11) is 1.88. The minimum atomic E-state index is 0.234. The number of hydrogen-bond donors (Lipinski definition) is 1. The molecule has 2 heterocycles. The molecule has 0 radical (unpaired) electrons. The molecular weight excluding hydrogens is 234 g/mol. The Morgan fingerprint density at radius 2 is 2.41 bits per heavy atom. The van der Waals surface area contributed by atoms with Crippen molar-refractivity contribution in [3.63, 3.8) is 0 Å². The Morgan fingerprint density at radius 3 is 3.00 bits per heavy atom. The molecule has 0 fully saturated rings. The van der Waals surface area contributed by atoms with Gasteiger partial charge in [0.1, 0.15) is 0 Å². The van der Waals surface area contributed by atoms with Gasteiger partial charge in [-0.3, -0.25) is 4.68 Å². The Bertz CT molecular complexity index is 436. The molecule has 1 N–H and O–H groups in total. The molecule has 0 amide bonds. The summed E-state index contributed by atoms with van der Waals surface area (Å²) < 4.78 is 1.73. The second-order valence-electron chi connectivity index (χ2n) is 4.01. The summed E-state index contributed by atoms with van der Waals surface area (Å²) in [5.41, 5.74) is 3.95. The Balaban J connectivity index is 2.05.